The van der Waals surface area contributed by atoms with Gasteiger partial charge in [0.1, 0.15) is 0 Å². The lowest BCUT2D eigenvalue weighted by Crippen LogP contribution is -2.19. The van der Waals surface area contributed by atoms with Crippen molar-refractivity contribution in [1.82, 2.24) is 0 Å². The summed E-state index contributed by atoms with van der Waals surface area (Å²) >= 11 is 0. The average molecular weight is 231 g/mol. The number of hydrogen-bond donors (Lipinski definition) is 1. The molecule has 1 aromatic rings. The summed E-state index contributed by atoms with van der Waals surface area (Å²) in [7, 11) is 0. The molecule has 88 valence electrons. The van der Waals surface area contributed by atoms with Gasteiger partial charge in [-0.2, -0.15) is 0 Å². The first kappa shape index (κ1) is 12.9. The van der Waals surface area contributed by atoms with E-state index in [1.54, 1.807) is 26.0 Å². The van der Waals surface area contributed by atoms with Crippen molar-refractivity contribution in [2.24, 2.45) is 0 Å². The third-order valence-corrected chi connectivity index (χ3v) is 2.17. The molecule has 1 rings (SSSR count). The molecule has 0 unspecified atom stereocenters. The molecule has 0 fully saturated rings. The zero-order valence-corrected chi connectivity index (χ0v) is 9.73. The van der Waals surface area contributed by atoms with Crippen LogP contribution in [0.4, 0.5) is 5.69 Å². The predicted octanol–water partition coefficient (Wildman–Crippen LogP) is 2.27. The number of non-ortho nitro benzene ring substituents is 1. The van der Waals surface area contributed by atoms with Gasteiger partial charge in [0.25, 0.3) is 5.69 Å². The van der Waals surface area contributed by atoms with E-state index < -0.39 is 10.5 Å². The Balaban J connectivity index is 2.87. The Morgan fingerprint density at radius 3 is 2.35 bits per heavy atom. The molecule has 1 N–H and O–H groups in total. The van der Waals surface area contributed by atoms with E-state index in [2.05, 4.69) is 18.4 Å². The van der Waals surface area contributed by atoms with Gasteiger partial charge in [0.15, 0.2) is 0 Å². The van der Waals surface area contributed by atoms with E-state index in [-0.39, 0.29) is 5.69 Å². The van der Waals surface area contributed by atoms with E-state index in [1.165, 1.54) is 12.1 Å². The fourth-order valence-corrected chi connectivity index (χ4v) is 0.967. The molecule has 0 saturated carbocycles. The van der Waals surface area contributed by atoms with Crippen LogP contribution >= 0.6 is 0 Å². The molecule has 0 bridgehead atoms. The summed E-state index contributed by atoms with van der Waals surface area (Å²) in [4.78, 5) is 9.97. The van der Waals surface area contributed by atoms with Crippen molar-refractivity contribution in [3.63, 3.8) is 0 Å². The highest BCUT2D eigenvalue weighted by molar-refractivity contribution is 5.45. The van der Waals surface area contributed by atoms with Crippen LogP contribution in [0.25, 0.3) is 0 Å². The van der Waals surface area contributed by atoms with Gasteiger partial charge in [0.2, 0.25) is 0 Å². The van der Waals surface area contributed by atoms with Crippen LogP contribution in [0.15, 0.2) is 36.4 Å². The third kappa shape index (κ3) is 3.74. The largest absolute Gasteiger partial charge is 0.385 e. The van der Waals surface area contributed by atoms with Crippen LogP contribution in [0, 0.1) is 22.0 Å². The van der Waals surface area contributed by atoms with Crippen molar-refractivity contribution in [1.29, 1.82) is 0 Å². The van der Waals surface area contributed by atoms with Gasteiger partial charge < -0.3 is 5.11 Å². The minimum Gasteiger partial charge on any atom is -0.385 e. The molecule has 17 heavy (non-hydrogen) atoms. The average Bonchev–Trinajstić information content (AvgIpc) is 2.25. The summed E-state index contributed by atoms with van der Waals surface area (Å²) in [6.45, 7) is 6.85. The number of aliphatic hydroxyl groups is 1. The molecule has 0 amide bonds. The van der Waals surface area contributed by atoms with Gasteiger partial charge in [-0.05, 0) is 26.0 Å². The van der Waals surface area contributed by atoms with Crippen LogP contribution in [0.1, 0.15) is 19.4 Å². The third-order valence-electron chi connectivity index (χ3n) is 2.17. The van der Waals surface area contributed by atoms with Crippen LogP contribution in [-0.4, -0.2) is 15.6 Å². The number of hydrogen-bond acceptors (Lipinski definition) is 3. The van der Waals surface area contributed by atoms with Gasteiger partial charge in [-0.3, -0.25) is 10.1 Å². The zero-order chi connectivity index (χ0) is 13.1. The van der Waals surface area contributed by atoms with Crippen molar-refractivity contribution in [3.8, 4) is 11.8 Å². The first-order chi connectivity index (χ1) is 7.80. The molecule has 1 aromatic carbocycles. The lowest BCUT2D eigenvalue weighted by Gasteiger charge is -2.14. The lowest BCUT2D eigenvalue weighted by atomic mass is 10.0. The summed E-state index contributed by atoms with van der Waals surface area (Å²) < 4.78 is 0. The highest BCUT2D eigenvalue weighted by Gasteiger charge is 2.14. The molecule has 0 aliphatic carbocycles. The second-order valence-corrected chi connectivity index (χ2v) is 4.09. The molecule has 0 spiro atoms. The van der Waals surface area contributed by atoms with E-state index >= 15 is 0 Å². The molecule has 4 nitrogen and oxygen atoms in total. The van der Waals surface area contributed by atoms with E-state index in [4.69, 9.17) is 0 Å². The number of benzene rings is 1. The topological polar surface area (TPSA) is 63.4 Å². The van der Waals surface area contributed by atoms with Crippen molar-refractivity contribution < 1.29 is 10.0 Å². The molecule has 0 heterocycles. The zero-order valence-electron chi connectivity index (χ0n) is 9.73. The summed E-state index contributed by atoms with van der Waals surface area (Å²) in [5.41, 5.74) is 0.0158. The van der Waals surface area contributed by atoms with Crippen LogP contribution < -0.4 is 0 Å². The van der Waals surface area contributed by atoms with Gasteiger partial charge in [-0.15, -0.1) is 0 Å². The lowest BCUT2D eigenvalue weighted by molar-refractivity contribution is -0.384. The highest BCUT2D eigenvalue weighted by Crippen LogP contribution is 2.13. The second kappa shape index (κ2) is 4.81. The van der Waals surface area contributed by atoms with Gasteiger partial charge in [-0.25, -0.2) is 0 Å². The Bertz CT molecular complexity index is 498. The van der Waals surface area contributed by atoms with Crippen LogP contribution in [0.2, 0.25) is 0 Å². The maximum Gasteiger partial charge on any atom is 0.269 e. The Hall–Kier alpha value is -2.12. The molecule has 0 aromatic heterocycles. The Morgan fingerprint density at radius 2 is 1.94 bits per heavy atom. The van der Waals surface area contributed by atoms with Crippen LogP contribution in [-0.2, 0) is 0 Å². The second-order valence-electron chi connectivity index (χ2n) is 4.09. The smallest absolute Gasteiger partial charge is 0.269 e. The first-order valence-corrected chi connectivity index (χ1v) is 4.99. The molecule has 4 heteroatoms. The first-order valence-electron chi connectivity index (χ1n) is 4.99. The van der Waals surface area contributed by atoms with Crippen molar-refractivity contribution in [2.45, 2.75) is 19.4 Å². The van der Waals surface area contributed by atoms with E-state index in [1.807, 2.05) is 0 Å². The van der Waals surface area contributed by atoms with Gasteiger partial charge in [0.05, 0.1) is 10.5 Å². The van der Waals surface area contributed by atoms with Crippen LogP contribution in [0.3, 0.4) is 0 Å². The molecule has 0 saturated heterocycles. The summed E-state index contributed by atoms with van der Waals surface area (Å²) in [6, 6.07) is 5.89. The standard InChI is InChI=1S/C13H13NO3/c1-10(13(2,3)15)4-5-11-6-8-12(9-7-11)14(16)17/h6-9,15H,1H2,2-3H3. The summed E-state index contributed by atoms with van der Waals surface area (Å²) in [6.07, 6.45) is 0. The summed E-state index contributed by atoms with van der Waals surface area (Å²) in [5.74, 6) is 5.51. The van der Waals surface area contributed by atoms with E-state index in [0.29, 0.717) is 11.1 Å². The minimum atomic E-state index is -1.05. The van der Waals surface area contributed by atoms with Crippen molar-refractivity contribution in [3.05, 3.63) is 52.1 Å². The van der Waals surface area contributed by atoms with Gasteiger partial charge in [0, 0.05) is 23.3 Å². The minimum absolute atomic E-state index is 0.0249. The number of nitro groups is 1. The number of nitrogens with zero attached hydrogens (tertiary/aromatic N) is 1. The fourth-order valence-electron chi connectivity index (χ4n) is 0.967. The fraction of sp³-hybridized carbons (Fsp3) is 0.231. The predicted molar refractivity (Wildman–Crippen MR) is 65.4 cm³/mol. The number of rotatable bonds is 2. The SMILES string of the molecule is C=C(C#Cc1ccc([N+](=O)[O-])cc1)C(C)(C)O. The molecule has 0 aliphatic heterocycles. The Morgan fingerprint density at radius 1 is 1.41 bits per heavy atom. The van der Waals surface area contributed by atoms with E-state index in [9.17, 15) is 15.2 Å². The van der Waals surface area contributed by atoms with Crippen LogP contribution in [0.5, 0.6) is 0 Å². The monoisotopic (exact) mass is 231 g/mol. The maximum absolute atomic E-state index is 10.4. The van der Waals surface area contributed by atoms with Crippen molar-refractivity contribution >= 4 is 5.69 Å². The quantitative estimate of drug-likeness (QED) is 0.482. The molecular weight excluding hydrogens is 218 g/mol. The van der Waals surface area contributed by atoms with Gasteiger partial charge in [-0.1, -0.05) is 18.4 Å². The molecule has 0 radical (unpaired) electrons. The molecule has 0 aliphatic rings. The Kier molecular flexibility index (Phi) is 3.66. The maximum atomic E-state index is 10.4. The molecular formula is C13H13NO3. The summed E-state index contributed by atoms with van der Waals surface area (Å²) in [5, 5.41) is 20.0. The van der Waals surface area contributed by atoms with Crippen molar-refractivity contribution in [2.75, 3.05) is 0 Å². The van der Waals surface area contributed by atoms with Gasteiger partial charge >= 0.3 is 0 Å². The van der Waals surface area contributed by atoms with E-state index in [0.717, 1.165) is 0 Å². The molecule has 0 atom stereocenters. The highest BCUT2D eigenvalue weighted by atomic mass is 16.6. The number of nitro benzene ring substituents is 1. The normalized spacial score (nSPS) is 10.3. The Labute approximate surface area is 99.7 Å².